The van der Waals surface area contributed by atoms with E-state index in [0.29, 0.717) is 0 Å². The highest BCUT2D eigenvalue weighted by Crippen LogP contribution is 2.22. The average molecular weight is 275 g/mol. The fourth-order valence-electron chi connectivity index (χ4n) is 2.19. The number of halogens is 1. The van der Waals surface area contributed by atoms with E-state index in [2.05, 4.69) is 20.2 Å². The molecule has 0 radical (unpaired) electrons. The zero-order chi connectivity index (χ0) is 13.1. The summed E-state index contributed by atoms with van der Waals surface area (Å²) < 4.78 is 0. The van der Waals surface area contributed by atoms with Gasteiger partial charge in [0.2, 0.25) is 0 Å². The molecule has 0 saturated carbocycles. The van der Waals surface area contributed by atoms with E-state index >= 15 is 0 Å². The highest BCUT2D eigenvalue weighted by Gasteiger charge is 2.12. The molecule has 1 aliphatic heterocycles. The largest absolute Gasteiger partial charge is 0.354 e. The lowest BCUT2D eigenvalue weighted by atomic mass is 10.1. The van der Waals surface area contributed by atoms with Gasteiger partial charge >= 0.3 is 0 Å². The van der Waals surface area contributed by atoms with Crippen LogP contribution in [0.4, 0.5) is 5.82 Å². The molecule has 0 aliphatic carbocycles. The normalized spacial score (nSPS) is 15.5. The van der Waals surface area contributed by atoms with E-state index in [0.717, 1.165) is 48.3 Å². The van der Waals surface area contributed by atoms with Crippen LogP contribution in [0, 0.1) is 0 Å². The first-order chi connectivity index (χ1) is 9.33. The molecule has 1 aromatic heterocycles. The summed E-state index contributed by atoms with van der Waals surface area (Å²) in [7, 11) is 0. The molecule has 0 unspecified atom stereocenters. The molecule has 0 amide bonds. The number of benzene rings is 1. The molecule has 3 rings (SSSR count). The Morgan fingerprint density at radius 2 is 1.79 bits per heavy atom. The molecular weight excluding hydrogens is 260 g/mol. The SMILES string of the molecule is Clc1ccc(-c2cc(N3CCNCC3)ncn2)cc1. The lowest BCUT2D eigenvalue weighted by Crippen LogP contribution is -2.43. The molecule has 1 aliphatic rings. The molecule has 4 nitrogen and oxygen atoms in total. The van der Waals surface area contributed by atoms with Gasteiger partial charge in [-0.15, -0.1) is 0 Å². The zero-order valence-electron chi connectivity index (χ0n) is 10.5. The molecular formula is C14H15ClN4. The average Bonchev–Trinajstić information content (AvgIpc) is 2.49. The summed E-state index contributed by atoms with van der Waals surface area (Å²) in [5, 5.41) is 4.07. The Morgan fingerprint density at radius 1 is 1.05 bits per heavy atom. The van der Waals surface area contributed by atoms with Gasteiger partial charge in [-0.25, -0.2) is 9.97 Å². The second-order valence-electron chi connectivity index (χ2n) is 4.51. The van der Waals surface area contributed by atoms with Crippen LogP contribution in [0.2, 0.25) is 5.02 Å². The standard InChI is InChI=1S/C14H15ClN4/c15-12-3-1-11(2-4-12)13-9-14(18-10-17-13)19-7-5-16-6-8-19/h1-4,9-10,16H,5-8H2. The molecule has 1 N–H and O–H groups in total. The van der Waals surface area contributed by atoms with Gasteiger partial charge in [0.05, 0.1) is 5.69 Å². The third kappa shape index (κ3) is 2.85. The van der Waals surface area contributed by atoms with Crippen LogP contribution in [0.15, 0.2) is 36.7 Å². The summed E-state index contributed by atoms with van der Waals surface area (Å²) in [6.07, 6.45) is 1.63. The van der Waals surface area contributed by atoms with E-state index in [1.54, 1.807) is 6.33 Å². The molecule has 1 aromatic carbocycles. The van der Waals surface area contributed by atoms with Gasteiger partial charge in [0.25, 0.3) is 0 Å². The minimum absolute atomic E-state index is 0.736. The molecule has 5 heteroatoms. The van der Waals surface area contributed by atoms with E-state index in [-0.39, 0.29) is 0 Å². The van der Waals surface area contributed by atoms with Gasteiger partial charge in [0.15, 0.2) is 0 Å². The van der Waals surface area contributed by atoms with Crippen LogP contribution in [0.1, 0.15) is 0 Å². The lowest BCUT2D eigenvalue weighted by molar-refractivity contribution is 0.584. The molecule has 0 spiro atoms. The highest BCUT2D eigenvalue weighted by molar-refractivity contribution is 6.30. The number of nitrogens with one attached hydrogen (secondary N) is 1. The maximum absolute atomic E-state index is 5.90. The van der Waals surface area contributed by atoms with Gasteiger partial charge in [-0.05, 0) is 12.1 Å². The van der Waals surface area contributed by atoms with E-state index in [9.17, 15) is 0 Å². The molecule has 0 bridgehead atoms. The number of hydrogen-bond donors (Lipinski definition) is 1. The Kier molecular flexibility index (Phi) is 3.62. The van der Waals surface area contributed by atoms with E-state index in [1.807, 2.05) is 30.3 Å². The fourth-order valence-corrected chi connectivity index (χ4v) is 2.32. The Morgan fingerprint density at radius 3 is 2.53 bits per heavy atom. The second-order valence-corrected chi connectivity index (χ2v) is 4.94. The highest BCUT2D eigenvalue weighted by atomic mass is 35.5. The van der Waals surface area contributed by atoms with Gasteiger partial charge in [-0.1, -0.05) is 23.7 Å². The number of rotatable bonds is 2. The van der Waals surface area contributed by atoms with Crippen LogP contribution < -0.4 is 10.2 Å². The molecule has 1 fully saturated rings. The first kappa shape index (κ1) is 12.4. The van der Waals surface area contributed by atoms with Crippen molar-refractivity contribution in [3.05, 3.63) is 41.7 Å². The van der Waals surface area contributed by atoms with E-state index in [4.69, 9.17) is 11.6 Å². The van der Waals surface area contributed by atoms with Crippen molar-refractivity contribution in [1.82, 2.24) is 15.3 Å². The summed E-state index contributed by atoms with van der Waals surface area (Å²) in [6, 6.07) is 9.75. The number of anilines is 1. The van der Waals surface area contributed by atoms with Gasteiger partial charge in [-0.2, -0.15) is 0 Å². The summed E-state index contributed by atoms with van der Waals surface area (Å²) in [6.45, 7) is 3.97. The fraction of sp³-hybridized carbons (Fsp3) is 0.286. The van der Waals surface area contributed by atoms with Crippen LogP contribution in [-0.2, 0) is 0 Å². The number of piperazine rings is 1. The Bertz CT molecular complexity index is 550. The van der Waals surface area contributed by atoms with Crippen molar-refractivity contribution >= 4 is 17.4 Å². The quantitative estimate of drug-likeness (QED) is 0.912. The zero-order valence-corrected chi connectivity index (χ0v) is 11.3. The Balaban J connectivity index is 1.88. The molecule has 98 valence electrons. The van der Waals surface area contributed by atoms with Crippen molar-refractivity contribution in [1.29, 1.82) is 0 Å². The van der Waals surface area contributed by atoms with Gasteiger partial charge in [0.1, 0.15) is 12.1 Å². The number of hydrogen-bond acceptors (Lipinski definition) is 4. The topological polar surface area (TPSA) is 41.0 Å². The van der Waals surface area contributed by atoms with Crippen LogP contribution in [0.5, 0.6) is 0 Å². The third-order valence-electron chi connectivity index (χ3n) is 3.23. The van der Waals surface area contributed by atoms with Gasteiger partial charge < -0.3 is 10.2 Å². The minimum atomic E-state index is 0.736. The van der Waals surface area contributed by atoms with Crippen LogP contribution in [0.3, 0.4) is 0 Å². The summed E-state index contributed by atoms with van der Waals surface area (Å²) >= 11 is 5.90. The predicted molar refractivity (Wildman–Crippen MR) is 77.6 cm³/mol. The van der Waals surface area contributed by atoms with E-state index in [1.165, 1.54) is 0 Å². The van der Waals surface area contributed by atoms with E-state index < -0.39 is 0 Å². The van der Waals surface area contributed by atoms with Crippen molar-refractivity contribution in [2.45, 2.75) is 0 Å². The smallest absolute Gasteiger partial charge is 0.132 e. The molecule has 0 atom stereocenters. The monoisotopic (exact) mass is 274 g/mol. The number of aromatic nitrogens is 2. The van der Waals surface area contributed by atoms with Crippen molar-refractivity contribution in [2.75, 3.05) is 31.1 Å². The van der Waals surface area contributed by atoms with Crippen molar-refractivity contribution in [3.8, 4) is 11.3 Å². The second kappa shape index (κ2) is 5.55. The molecule has 1 saturated heterocycles. The lowest BCUT2D eigenvalue weighted by Gasteiger charge is -2.28. The van der Waals surface area contributed by atoms with Crippen LogP contribution in [-0.4, -0.2) is 36.1 Å². The Hall–Kier alpha value is -1.65. The van der Waals surface area contributed by atoms with Crippen molar-refractivity contribution in [3.63, 3.8) is 0 Å². The maximum atomic E-state index is 5.90. The summed E-state index contributed by atoms with van der Waals surface area (Å²) in [5.74, 6) is 0.987. The van der Waals surface area contributed by atoms with Gasteiger partial charge in [0, 0.05) is 42.8 Å². The maximum Gasteiger partial charge on any atom is 0.132 e. The molecule has 19 heavy (non-hydrogen) atoms. The predicted octanol–water partition coefficient (Wildman–Crippen LogP) is 2.21. The van der Waals surface area contributed by atoms with Crippen LogP contribution >= 0.6 is 11.6 Å². The molecule has 2 aromatic rings. The first-order valence-corrected chi connectivity index (χ1v) is 6.74. The number of nitrogens with zero attached hydrogens (tertiary/aromatic N) is 3. The summed E-state index contributed by atoms with van der Waals surface area (Å²) in [5.41, 5.74) is 1.99. The third-order valence-corrected chi connectivity index (χ3v) is 3.49. The van der Waals surface area contributed by atoms with Crippen molar-refractivity contribution in [2.24, 2.45) is 0 Å². The van der Waals surface area contributed by atoms with Crippen LogP contribution in [0.25, 0.3) is 11.3 Å². The summed E-state index contributed by atoms with van der Waals surface area (Å²) in [4.78, 5) is 11.0. The minimum Gasteiger partial charge on any atom is -0.354 e. The molecule has 2 heterocycles. The van der Waals surface area contributed by atoms with Gasteiger partial charge in [-0.3, -0.25) is 0 Å². The first-order valence-electron chi connectivity index (χ1n) is 6.36. The van der Waals surface area contributed by atoms with Crippen molar-refractivity contribution < 1.29 is 0 Å². The Labute approximate surface area is 117 Å².